The summed E-state index contributed by atoms with van der Waals surface area (Å²) < 4.78 is 10.6. The highest BCUT2D eigenvalue weighted by molar-refractivity contribution is 5.61. The van der Waals surface area contributed by atoms with Gasteiger partial charge in [-0.3, -0.25) is 0 Å². The third kappa shape index (κ3) is 4.67. The first-order chi connectivity index (χ1) is 13.2. The Balaban J connectivity index is 1.69. The molecule has 27 heavy (non-hydrogen) atoms. The van der Waals surface area contributed by atoms with Crippen molar-refractivity contribution in [3.05, 3.63) is 65.9 Å². The van der Waals surface area contributed by atoms with E-state index in [1.54, 1.807) is 20.4 Å². The molecule has 0 aliphatic heterocycles. The second-order valence-electron chi connectivity index (χ2n) is 5.94. The van der Waals surface area contributed by atoms with Gasteiger partial charge in [0, 0.05) is 18.4 Å². The fourth-order valence-corrected chi connectivity index (χ4v) is 2.77. The molecule has 1 heterocycles. The normalized spacial score (nSPS) is 10.3. The van der Waals surface area contributed by atoms with E-state index < -0.39 is 0 Å². The van der Waals surface area contributed by atoms with E-state index in [0.717, 1.165) is 23.5 Å². The van der Waals surface area contributed by atoms with Crippen molar-refractivity contribution in [1.82, 2.24) is 9.97 Å². The summed E-state index contributed by atoms with van der Waals surface area (Å²) in [4.78, 5) is 8.84. The van der Waals surface area contributed by atoms with E-state index in [0.29, 0.717) is 24.0 Å². The summed E-state index contributed by atoms with van der Waals surface area (Å²) in [6.07, 6.45) is 2.69. The zero-order valence-corrected chi connectivity index (χ0v) is 15.8. The van der Waals surface area contributed by atoms with E-state index >= 15 is 0 Å². The Kier molecular flexibility index (Phi) is 6.10. The second-order valence-corrected chi connectivity index (χ2v) is 5.94. The number of methoxy groups -OCH3 is 2. The first-order valence-corrected chi connectivity index (χ1v) is 8.86. The maximum atomic E-state index is 5.34. The number of para-hydroxylation sites is 1. The molecule has 2 N–H and O–H groups in total. The van der Waals surface area contributed by atoms with E-state index in [1.165, 1.54) is 5.56 Å². The van der Waals surface area contributed by atoms with Gasteiger partial charge in [0.1, 0.15) is 5.82 Å². The maximum absolute atomic E-state index is 5.34. The Labute approximate surface area is 159 Å². The van der Waals surface area contributed by atoms with Gasteiger partial charge in [0.05, 0.1) is 14.2 Å². The van der Waals surface area contributed by atoms with Gasteiger partial charge in [0.2, 0.25) is 5.95 Å². The lowest BCUT2D eigenvalue weighted by Crippen LogP contribution is -2.05. The number of rotatable bonds is 8. The molecule has 6 heteroatoms. The van der Waals surface area contributed by atoms with Crippen LogP contribution in [-0.4, -0.2) is 24.2 Å². The fraction of sp³-hybridized carbons (Fsp3) is 0.238. The van der Waals surface area contributed by atoms with Gasteiger partial charge in [-0.05, 0) is 41.8 Å². The van der Waals surface area contributed by atoms with E-state index in [9.17, 15) is 0 Å². The number of nitrogens with zero attached hydrogens (tertiary/aromatic N) is 2. The van der Waals surface area contributed by atoms with Crippen molar-refractivity contribution < 1.29 is 9.47 Å². The molecular weight excluding hydrogens is 340 g/mol. The summed E-state index contributed by atoms with van der Waals surface area (Å²) in [6, 6.07) is 15.9. The molecule has 0 spiro atoms. The lowest BCUT2D eigenvalue weighted by atomic mass is 10.1. The van der Waals surface area contributed by atoms with Crippen LogP contribution in [0, 0.1) is 0 Å². The molecule has 0 saturated heterocycles. The van der Waals surface area contributed by atoms with Crippen molar-refractivity contribution >= 4 is 17.5 Å². The third-order valence-electron chi connectivity index (χ3n) is 4.22. The molecule has 3 aromatic rings. The number of anilines is 3. The topological polar surface area (TPSA) is 68.3 Å². The minimum Gasteiger partial charge on any atom is -0.493 e. The minimum atomic E-state index is 0.559. The SMILES string of the molecule is CCc1ccccc1Nc1ccnc(NCc2ccc(OC)c(OC)c2)n1. The molecule has 6 nitrogen and oxygen atoms in total. The number of nitrogens with one attached hydrogen (secondary N) is 2. The lowest BCUT2D eigenvalue weighted by Gasteiger charge is -2.12. The van der Waals surface area contributed by atoms with Gasteiger partial charge in [-0.2, -0.15) is 4.98 Å². The molecule has 1 aromatic heterocycles. The highest BCUT2D eigenvalue weighted by Gasteiger charge is 2.06. The van der Waals surface area contributed by atoms with E-state index in [1.807, 2.05) is 36.4 Å². The molecular formula is C21H24N4O2. The Morgan fingerprint density at radius 3 is 2.56 bits per heavy atom. The van der Waals surface area contributed by atoms with Gasteiger partial charge in [-0.1, -0.05) is 31.2 Å². The van der Waals surface area contributed by atoms with E-state index in [2.05, 4.69) is 39.7 Å². The molecule has 0 unspecified atom stereocenters. The molecule has 0 saturated carbocycles. The van der Waals surface area contributed by atoms with Crippen LogP contribution in [0.1, 0.15) is 18.1 Å². The summed E-state index contributed by atoms with van der Waals surface area (Å²) in [5.74, 6) is 2.71. The van der Waals surface area contributed by atoms with Crippen LogP contribution in [0.4, 0.5) is 17.5 Å². The summed E-state index contributed by atoms with van der Waals surface area (Å²) >= 11 is 0. The average molecular weight is 364 g/mol. The van der Waals surface area contributed by atoms with Crippen molar-refractivity contribution in [3.8, 4) is 11.5 Å². The molecule has 140 valence electrons. The number of aromatic nitrogens is 2. The predicted octanol–water partition coefficient (Wildman–Crippen LogP) is 4.41. The predicted molar refractivity (Wildman–Crippen MR) is 108 cm³/mol. The van der Waals surface area contributed by atoms with Gasteiger partial charge in [-0.15, -0.1) is 0 Å². The molecule has 0 aliphatic rings. The molecule has 0 amide bonds. The number of hydrogen-bond donors (Lipinski definition) is 2. The summed E-state index contributed by atoms with van der Waals surface area (Å²) in [5.41, 5.74) is 3.35. The van der Waals surface area contributed by atoms with Crippen LogP contribution in [0.5, 0.6) is 11.5 Å². The maximum Gasteiger partial charge on any atom is 0.224 e. The van der Waals surface area contributed by atoms with Crippen molar-refractivity contribution in [2.45, 2.75) is 19.9 Å². The standard InChI is InChI=1S/C21H24N4O2/c1-4-16-7-5-6-8-17(16)24-20-11-12-22-21(25-20)23-14-15-9-10-18(26-2)19(13-15)27-3/h5-13H,4,14H2,1-3H3,(H2,22,23,24,25). The minimum absolute atomic E-state index is 0.559. The largest absolute Gasteiger partial charge is 0.493 e. The summed E-state index contributed by atoms with van der Waals surface area (Å²) in [7, 11) is 3.25. The quantitative estimate of drug-likeness (QED) is 0.617. The highest BCUT2D eigenvalue weighted by Crippen LogP contribution is 2.27. The molecule has 3 rings (SSSR count). The van der Waals surface area contributed by atoms with Crippen LogP contribution < -0.4 is 20.1 Å². The van der Waals surface area contributed by atoms with Gasteiger partial charge < -0.3 is 20.1 Å². The smallest absolute Gasteiger partial charge is 0.224 e. The first kappa shape index (κ1) is 18.5. The number of benzene rings is 2. The number of ether oxygens (including phenoxy) is 2. The van der Waals surface area contributed by atoms with E-state index in [4.69, 9.17) is 9.47 Å². The zero-order chi connectivity index (χ0) is 19.1. The molecule has 0 aliphatic carbocycles. The molecule has 0 radical (unpaired) electrons. The zero-order valence-electron chi connectivity index (χ0n) is 15.8. The number of hydrogen-bond acceptors (Lipinski definition) is 6. The van der Waals surface area contributed by atoms with Crippen LogP contribution in [0.3, 0.4) is 0 Å². The third-order valence-corrected chi connectivity index (χ3v) is 4.22. The monoisotopic (exact) mass is 364 g/mol. The Hall–Kier alpha value is -3.28. The molecule has 2 aromatic carbocycles. The van der Waals surface area contributed by atoms with Crippen molar-refractivity contribution in [2.24, 2.45) is 0 Å². The Bertz CT molecular complexity index is 899. The molecule has 0 fully saturated rings. The van der Waals surface area contributed by atoms with Crippen molar-refractivity contribution in [3.63, 3.8) is 0 Å². The molecule has 0 atom stereocenters. The lowest BCUT2D eigenvalue weighted by molar-refractivity contribution is 0.354. The van der Waals surface area contributed by atoms with Crippen LogP contribution in [0.25, 0.3) is 0 Å². The van der Waals surface area contributed by atoms with Crippen LogP contribution >= 0.6 is 0 Å². The van der Waals surface area contributed by atoms with Gasteiger partial charge >= 0.3 is 0 Å². The van der Waals surface area contributed by atoms with Crippen LogP contribution in [0.2, 0.25) is 0 Å². The summed E-state index contributed by atoms with van der Waals surface area (Å²) in [5, 5.41) is 6.61. The van der Waals surface area contributed by atoms with Crippen LogP contribution in [0.15, 0.2) is 54.7 Å². The fourth-order valence-electron chi connectivity index (χ4n) is 2.77. The number of aryl methyl sites for hydroxylation is 1. The van der Waals surface area contributed by atoms with Gasteiger partial charge in [0.25, 0.3) is 0 Å². The first-order valence-electron chi connectivity index (χ1n) is 8.86. The highest BCUT2D eigenvalue weighted by atomic mass is 16.5. The van der Waals surface area contributed by atoms with E-state index in [-0.39, 0.29) is 0 Å². The Morgan fingerprint density at radius 2 is 1.78 bits per heavy atom. The summed E-state index contributed by atoms with van der Waals surface area (Å²) in [6.45, 7) is 2.71. The van der Waals surface area contributed by atoms with Crippen LogP contribution in [-0.2, 0) is 13.0 Å². The van der Waals surface area contributed by atoms with Crippen molar-refractivity contribution in [1.29, 1.82) is 0 Å². The van der Waals surface area contributed by atoms with Crippen molar-refractivity contribution in [2.75, 3.05) is 24.9 Å². The average Bonchev–Trinajstić information content (AvgIpc) is 2.72. The van der Waals surface area contributed by atoms with Gasteiger partial charge in [0.15, 0.2) is 11.5 Å². The second kappa shape index (κ2) is 8.89. The Morgan fingerprint density at radius 1 is 0.963 bits per heavy atom. The molecule has 0 bridgehead atoms. The van der Waals surface area contributed by atoms with Gasteiger partial charge in [-0.25, -0.2) is 4.98 Å².